The number of hydrogen-bond acceptors (Lipinski definition) is 4. The van der Waals surface area contributed by atoms with Crippen molar-refractivity contribution in [3.63, 3.8) is 0 Å². The Bertz CT molecular complexity index is 814. The molecule has 1 amide bonds. The molecule has 1 unspecified atom stereocenters. The summed E-state index contributed by atoms with van der Waals surface area (Å²) in [7, 11) is 3.99. The average Bonchev–Trinajstić information content (AvgIpc) is 3.13. The van der Waals surface area contributed by atoms with Gasteiger partial charge in [0.15, 0.2) is 5.69 Å². The van der Waals surface area contributed by atoms with Crippen LogP contribution in [0.15, 0.2) is 66.9 Å². The van der Waals surface area contributed by atoms with E-state index in [-0.39, 0.29) is 11.9 Å². The molecule has 3 aromatic rings. The van der Waals surface area contributed by atoms with E-state index in [0.29, 0.717) is 12.2 Å². The molecule has 1 N–H and O–H groups in total. The maximum Gasteiger partial charge on any atom is 0.273 e. The molecule has 1 heterocycles. The van der Waals surface area contributed by atoms with Crippen molar-refractivity contribution in [1.82, 2.24) is 25.2 Å². The van der Waals surface area contributed by atoms with Gasteiger partial charge < -0.3 is 10.2 Å². The van der Waals surface area contributed by atoms with Crippen molar-refractivity contribution >= 4 is 5.91 Å². The van der Waals surface area contributed by atoms with Crippen LogP contribution in [0.1, 0.15) is 22.1 Å². The van der Waals surface area contributed by atoms with Gasteiger partial charge in [-0.2, -0.15) is 0 Å². The molecule has 6 heteroatoms. The zero-order chi connectivity index (χ0) is 17.6. The number of carbonyl (C=O) groups excluding carboxylic acids is 1. The summed E-state index contributed by atoms with van der Waals surface area (Å²) in [4.78, 5) is 14.5. The van der Waals surface area contributed by atoms with Gasteiger partial charge in [-0.05, 0) is 31.8 Å². The SMILES string of the molecule is CN(C)C(CNC(=O)c1cn(-c2ccccc2)nn1)c1ccccc1. The summed E-state index contributed by atoms with van der Waals surface area (Å²) in [5, 5.41) is 10.9. The van der Waals surface area contributed by atoms with Crippen LogP contribution < -0.4 is 5.32 Å². The molecule has 25 heavy (non-hydrogen) atoms. The van der Waals surface area contributed by atoms with Crippen LogP contribution in [0.3, 0.4) is 0 Å². The molecule has 0 fully saturated rings. The lowest BCUT2D eigenvalue weighted by atomic mass is 10.1. The van der Waals surface area contributed by atoms with Crippen LogP contribution in [0, 0.1) is 0 Å². The molecule has 128 valence electrons. The largest absolute Gasteiger partial charge is 0.349 e. The van der Waals surface area contributed by atoms with Gasteiger partial charge in [0.1, 0.15) is 0 Å². The highest BCUT2D eigenvalue weighted by atomic mass is 16.2. The summed E-state index contributed by atoms with van der Waals surface area (Å²) in [6.45, 7) is 0.494. The minimum absolute atomic E-state index is 0.0920. The van der Waals surface area contributed by atoms with Crippen LogP contribution in [-0.4, -0.2) is 46.4 Å². The number of likely N-dealkylation sites (N-methyl/N-ethyl adjacent to an activating group) is 1. The minimum atomic E-state index is -0.232. The van der Waals surface area contributed by atoms with Gasteiger partial charge in [-0.3, -0.25) is 4.79 Å². The Balaban J connectivity index is 1.67. The fourth-order valence-electron chi connectivity index (χ4n) is 2.63. The third-order valence-corrected chi connectivity index (χ3v) is 4.01. The third-order valence-electron chi connectivity index (χ3n) is 4.01. The van der Waals surface area contributed by atoms with Gasteiger partial charge in [0.05, 0.1) is 17.9 Å². The first-order chi connectivity index (χ1) is 12.1. The van der Waals surface area contributed by atoms with Crippen LogP contribution in [0.2, 0.25) is 0 Å². The average molecular weight is 335 g/mol. The van der Waals surface area contributed by atoms with Gasteiger partial charge in [-0.1, -0.05) is 53.7 Å². The summed E-state index contributed by atoms with van der Waals surface area (Å²) in [6, 6.07) is 19.8. The topological polar surface area (TPSA) is 63.1 Å². The standard InChI is InChI=1S/C19H21N5O/c1-23(2)18(15-9-5-3-6-10-15)13-20-19(25)17-14-24(22-21-17)16-11-7-4-8-12-16/h3-12,14,18H,13H2,1-2H3,(H,20,25). The predicted octanol–water partition coefficient (Wildman–Crippen LogP) is 2.30. The van der Waals surface area contributed by atoms with Crippen molar-refractivity contribution < 1.29 is 4.79 Å². The summed E-state index contributed by atoms with van der Waals surface area (Å²) in [5.74, 6) is -0.232. The molecule has 0 saturated carbocycles. The number of para-hydroxylation sites is 1. The van der Waals surface area contributed by atoms with Crippen LogP contribution in [0.4, 0.5) is 0 Å². The second-order valence-electron chi connectivity index (χ2n) is 5.98. The first kappa shape index (κ1) is 16.9. The Morgan fingerprint density at radius 3 is 2.36 bits per heavy atom. The number of nitrogens with zero attached hydrogens (tertiary/aromatic N) is 4. The number of nitrogens with one attached hydrogen (secondary N) is 1. The summed E-state index contributed by atoms with van der Waals surface area (Å²) in [5.41, 5.74) is 2.32. The minimum Gasteiger partial charge on any atom is -0.349 e. The van der Waals surface area contributed by atoms with E-state index in [0.717, 1.165) is 11.3 Å². The summed E-state index contributed by atoms with van der Waals surface area (Å²) < 4.78 is 1.59. The van der Waals surface area contributed by atoms with E-state index >= 15 is 0 Å². The van der Waals surface area contributed by atoms with Crippen LogP contribution >= 0.6 is 0 Å². The highest BCUT2D eigenvalue weighted by Gasteiger charge is 2.17. The molecule has 0 spiro atoms. The zero-order valence-electron chi connectivity index (χ0n) is 14.3. The Morgan fingerprint density at radius 2 is 1.72 bits per heavy atom. The fourth-order valence-corrected chi connectivity index (χ4v) is 2.63. The molecule has 0 bridgehead atoms. The molecule has 1 aromatic heterocycles. The lowest BCUT2D eigenvalue weighted by Crippen LogP contribution is -2.34. The van der Waals surface area contributed by atoms with Gasteiger partial charge in [-0.25, -0.2) is 4.68 Å². The Morgan fingerprint density at radius 1 is 1.08 bits per heavy atom. The molecular weight excluding hydrogens is 314 g/mol. The first-order valence-corrected chi connectivity index (χ1v) is 8.12. The van der Waals surface area contributed by atoms with Gasteiger partial charge >= 0.3 is 0 Å². The summed E-state index contributed by atoms with van der Waals surface area (Å²) in [6.07, 6.45) is 1.64. The fraction of sp³-hybridized carbons (Fsp3) is 0.211. The zero-order valence-corrected chi connectivity index (χ0v) is 14.3. The first-order valence-electron chi connectivity index (χ1n) is 8.12. The van der Waals surface area contributed by atoms with Crippen LogP contribution in [0.5, 0.6) is 0 Å². The maximum absolute atomic E-state index is 12.4. The van der Waals surface area contributed by atoms with Crippen molar-refractivity contribution in [2.45, 2.75) is 6.04 Å². The van der Waals surface area contributed by atoms with E-state index in [4.69, 9.17) is 0 Å². The van der Waals surface area contributed by atoms with Crippen molar-refractivity contribution in [2.75, 3.05) is 20.6 Å². The number of aromatic nitrogens is 3. The van der Waals surface area contributed by atoms with Gasteiger partial charge in [-0.15, -0.1) is 5.10 Å². The molecule has 3 rings (SSSR count). The molecule has 1 atom stereocenters. The molecule has 0 aliphatic heterocycles. The predicted molar refractivity (Wildman–Crippen MR) is 96.6 cm³/mol. The van der Waals surface area contributed by atoms with E-state index in [2.05, 4.69) is 32.7 Å². The molecule has 0 radical (unpaired) electrons. The third kappa shape index (κ3) is 4.10. The molecule has 0 aliphatic carbocycles. The quantitative estimate of drug-likeness (QED) is 0.751. The van der Waals surface area contributed by atoms with Gasteiger partial charge in [0, 0.05) is 6.54 Å². The lowest BCUT2D eigenvalue weighted by Gasteiger charge is -2.24. The smallest absolute Gasteiger partial charge is 0.273 e. The van der Waals surface area contributed by atoms with E-state index in [1.165, 1.54) is 0 Å². The van der Waals surface area contributed by atoms with Gasteiger partial charge in [0.25, 0.3) is 5.91 Å². The highest BCUT2D eigenvalue weighted by Crippen LogP contribution is 2.16. The second kappa shape index (κ2) is 7.72. The van der Waals surface area contributed by atoms with E-state index in [9.17, 15) is 4.79 Å². The Hall–Kier alpha value is -2.99. The van der Waals surface area contributed by atoms with E-state index < -0.39 is 0 Å². The Kier molecular flexibility index (Phi) is 5.20. The van der Waals surface area contributed by atoms with Gasteiger partial charge in [0.2, 0.25) is 0 Å². The normalized spacial score (nSPS) is 12.1. The van der Waals surface area contributed by atoms with Crippen molar-refractivity contribution in [2.24, 2.45) is 0 Å². The highest BCUT2D eigenvalue weighted by molar-refractivity contribution is 5.91. The lowest BCUT2D eigenvalue weighted by molar-refractivity contribution is 0.0937. The van der Waals surface area contributed by atoms with Crippen LogP contribution in [0.25, 0.3) is 5.69 Å². The molecule has 6 nitrogen and oxygen atoms in total. The monoisotopic (exact) mass is 335 g/mol. The number of amides is 1. The molecular formula is C19H21N5O. The molecule has 0 aliphatic rings. The second-order valence-corrected chi connectivity index (χ2v) is 5.98. The number of hydrogen-bond donors (Lipinski definition) is 1. The van der Waals surface area contributed by atoms with Crippen molar-refractivity contribution in [3.8, 4) is 5.69 Å². The van der Waals surface area contributed by atoms with Crippen LogP contribution in [-0.2, 0) is 0 Å². The maximum atomic E-state index is 12.4. The molecule has 0 saturated heterocycles. The number of rotatable bonds is 6. The van der Waals surface area contributed by atoms with E-state index in [1.807, 2.05) is 62.6 Å². The number of benzene rings is 2. The van der Waals surface area contributed by atoms with Crippen molar-refractivity contribution in [3.05, 3.63) is 78.1 Å². The number of carbonyl (C=O) groups is 1. The van der Waals surface area contributed by atoms with E-state index in [1.54, 1.807) is 10.9 Å². The summed E-state index contributed by atoms with van der Waals surface area (Å²) >= 11 is 0. The Labute approximate surface area is 147 Å². The molecule has 2 aromatic carbocycles. The van der Waals surface area contributed by atoms with Crippen molar-refractivity contribution in [1.29, 1.82) is 0 Å².